The van der Waals surface area contributed by atoms with Crippen molar-refractivity contribution in [3.05, 3.63) is 0 Å². The first-order valence-electron chi connectivity index (χ1n) is 33.3. The Morgan fingerprint density at radius 2 is 0.569 bits per heavy atom. The van der Waals surface area contributed by atoms with Gasteiger partial charge in [-0.1, -0.05) is 348 Å². The van der Waals surface area contributed by atoms with Gasteiger partial charge in [-0.05, 0) is 25.7 Å². The second-order valence-electron chi connectivity index (χ2n) is 23.2. The molecule has 2 atom stereocenters. The third-order valence-electron chi connectivity index (χ3n) is 15.9. The van der Waals surface area contributed by atoms with Gasteiger partial charge in [-0.15, -0.1) is 0 Å². The SMILES string of the molecule is CCCCCCCCCCCCCCCCCCCCCCCCC(O)C(CO)NC(=O)CCCCCCCCCCCCCCCCCCCCOC(=O)CCCCCCCCCCCCCCCCC. The largest absolute Gasteiger partial charge is 0.466 e. The molecule has 0 aliphatic heterocycles. The Morgan fingerprint density at radius 1 is 0.333 bits per heavy atom. The molecular weight excluding hydrogens is 887 g/mol. The molecule has 0 spiro atoms. The lowest BCUT2D eigenvalue weighted by molar-refractivity contribution is -0.143. The summed E-state index contributed by atoms with van der Waals surface area (Å²) in [5.74, 6) is -0.0218. The van der Waals surface area contributed by atoms with Crippen LogP contribution in [0.3, 0.4) is 0 Å². The van der Waals surface area contributed by atoms with Gasteiger partial charge in [0.05, 0.1) is 25.4 Å². The molecule has 0 saturated heterocycles. The summed E-state index contributed by atoms with van der Waals surface area (Å²) in [4.78, 5) is 24.6. The van der Waals surface area contributed by atoms with E-state index in [0.29, 0.717) is 25.9 Å². The highest BCUT2D eigenvalue weighted by Gasteiger charge is 2.20. The molecule has 0 saturated carbocycles. The van der Waals surface area contributed by atoms with E-state index >= 15 is 0 Å². The minimum Gasteiger partial charge on any atom is -0.466 e. The Balaban J connectivity index is 3.39. The van der Waals surface area contributed by atoms with Gasteiger partial charge in [-0.3, -0.25) is 9.59 Å². The van der Waals surface area contributed by atoms with Gasteiger partial charge in [-0.2, -0.15) is 0 Å². The van der Waals surface area contributed by atoms with Crippen molar-refractivity contribution in [1.82, 2.24) is 5.32 Å². The molecular formula is C66H131NO5. The third kappa shape index (κ3) is 58.1. The summed E-state index contributed by atoms with van der Waals surface area (Å²) in [7, 11) is 0. The van der Waals surface area contributed by atoms with Crippen LogP contribution < -0.4 is 5.32 Å². The Kier molecular flexibility index (Phi) is 61.4. The fourth-order valence-corrected chi connectivity index (χ4v) is 10.8. The number of carbonyl (C=O) groups is 2. The quantitative estimate of drug-likeness (QED) is 0.0417. The topological polar surface area (TPSA) is 95.9 Å². The predicted molar refractivity (Wildman–Crippen MR) is 315 cm³/mol. The number of hydrogen-bond acceptors (Lipinski definition) is 5. The van der Waals surface area contributed by atoms with Crippen LogP contribution in [0.2, 0.25) is 0 Å². The van der Waals surface area contributed by atoms with Crippen molar-refractivity contribution in [3.63, 3.8) is 0 Å². The van der Waals surface area contributed by atoms with Crippen molar-refractivity contribution in [1.29, 1.82) is 0 Å². The number of rotatable bonds is 63. The minimum atomic E-state index is -0.667. The van der Waals surface area contributed by atoms with E-state index in [4.69, 9.17) is 4.74 Å². The van der Waals surface area contributed by atoms with E-state index in [1.54, 1.807) is 0 Å². The zero-order valence-electron chi connectivity index (χ0n) is 49.2. The number of aliphatic hydroxyl groups is 2. The van der Waals surface area contributed by atoms with E-state index in [0.717, 1.165) is 38.5 Å². The van der Waals surface area contributed by atoms with E-state index < -0.39 is 12.1 Å². The second-order valence-corrected chi connectivity index (χ2v) is 23.2. The van der Waals surface area contributed by atoms with Gasteiger partial charge >= 0.3 is 5.97 Å². The molecule has 0 aliphatic carbocycles. The Bertz CT molecular complexity index is 1040. The van der Waals surface area contributed by atoms with Crippen molar-refractivity contribution in [2.45, 2.75) is 398 Å². The number of amides is 1. The molecule has 0 fully saturated rings. The minimum absolute atomic E-state index is 0.0118. The fraction of sp³-hybridized carbons (Fsp3) is 0.970. The highest BCUT2D eigenvalue weighted by molar-refractivity contribution is 5.76. The van der Waals surface area contributed by atoms with Crippen LogP contribution in [0, 0.1) is 0 Å². The van der Waals surface area contributed by atoms with E-state index in [1.165, 1.54) is 315 Å². The molecule has 0 aromatic carbocycles. The molecule has 0 aliphatic rings. The average molecular weight is 1020 g/mol. The number of ether oxygens (including phenoxy) is 1. The third-order valence-corrected chi connectivity index (χ3v) is 15.9. The van der Waals surface area contributed by atoms with Crippen molar-refractivity contribution in [2.75, 3.05) is 13.2 Å². The average Bonchev–Trinajstić information content (AvgIpc) is 3.38. The Hall–Kier alpha value is -1.14. The number of esters is 1. The standard InChI is InChI=1S/C66H131NO5/c1-3-5-7-9-11-13-15-17-19-20-21-22-23-24-27-31-34-38-42-46-50-54-58-64(69)63(62-68)67-65(70)59-55-51-47-43-39-35-32-28-25-26-29-33-37-41-45-49-53-57-61-72-66(71)60-56-52-48-44-40-36-30-18-16-14-12-10-8-6-4-2/h63-64,68-69H,3-62H2,1-2H3,(H,67,70). The van der Waals surface area contributed by atoms with Gasteiger partial charge in [0.15, 0.2) is 0 Å². The van der Waals surface area contributed by atoms with E-state index in [-0.39, 0.29) is 18.5 Å². The molecule has 0 bridgehead atoms. The van der Waals surface area contributed by atoms with Crippen molar-refractivity contribution in [2.24, 2.45) is 0 Å². The number of unbranched alkanes of at least 4 members (excludes halogenated alkanes) is 52. The molecule has 6 heteroatoms. The first-order valence-corrected chi connectivity index (χ1v) is 33.3. The van der Waals surface area contributed by atoms with Gasteiger partial charge in [0.25, 0.3) is 0 Å². The smallest absolute Gasteiger partial charge is 0.305 e. The monoisotopic (exact) mass is 1020 g/mol. The second kappa shape index (κ2) is 62.4. The van der Waals surface area contributed by atoms with Crippen LogP contribution in [0.5, 0.6) is 0 Å². The molecule has 430 valence electrons. The van der Waals surface area contributed by atoms with E-state index in [9.17, 15) is 19.8 Å². The van der Waals surface area contributed by atoms with Crippen LogP contribution in [-0.4, -0.2) is 47.4 Å². The first-order chi connectivity index (χ1) is 35.5. The molecule has 0 aromatic rings. The van der Waals surface area contributed by atoms with Gasteiger partial charge < -0.3 is 20.3 Å². The maximum absolute atomic E-state index is 12.5. The number of aliphatic hydroxyl groups excluding tert-OH is 2. The molecule has 3 N–H and O–H groups in total. The van der Waals surface area contributed by atoms with Gasteiger partial charge in [-0.25, -0.2) is 0 Å². The van der Waals surface area contributed by atoms with Crippen LogP contribution in [0.1, 0.15) is 386 Å². The van der Waals surface area contributed by atoms with Crippen LogP contribution in [0.4, 0.5) is 0 Å². The molecule has 0 aromatic heterocycles. The Morgan fingerprint density at radius 3 is 0.847 bits per heavy atom. The van der Waals surface area contributed by atoms with Gasteiger partial charge in [0.2, 0.25) is 5.91 Å². The highest BCUT2D eigenvalue weighted by Crippen LogP contribution is 2.19. The van der Waals surface area contributed by atoms with Crippen molar-refractivity contribution in [3.8, 4) is 0 Å². The van der Waals surface area contributed by atoms with Crippen LogP contribution >= 0.6 is 0 Å². The summed E-state index contributed by atoms with van der Waals surface area (Å²) < 4.78 is 5.49. The molecule has 6 nitrogen and oxygen atoms in total. The first kappa shape index (κ1) is 70.9. The molecule has 0 heterocycles. The summed E-state index contributed by atoms with van der Waals surface area (Å²) in [5.41, 5.74) is 0. The summed E-state index contributed by atoms with van der Waals surface area (Å²) >= 11 is 0. The zero-order valence-corrected chi connectivity index (χ0v) is 49.2. The van der Waals surface area contributed by atoms with Crippen LogP contribution in [-0.2, 0) is 14.3 Å². The summed E-state index contributed by atoms with van der Waals surface area (Å²) in [5, 5.41) is 23.4. The van der Waals surface area contributed by atoms with Crippen LogP contribution in [0.25, 0.3) is 0 Å². The maximum atomic E-state index is 12.5. The molecule has 72 heavy (non-hydrogen) atoms. The van der Waals surface area contributed by atoms with Gasteiger partial charge in [0.1, 0.15) is 0 Å². The van der Waals surface area contributed by atoms with E-state index in [1.807, 2.05) is 0 Å². The number of nitrogens with one attached hydrogen (secondary N) is 1. The molecule has 2 unspecified atom stereocenters. The lowest BCUT2D eigenvalue weighted by Gasteiger charge is -2.22. The fourth-order valence-electron chi connectivity index (χ4n) is 10.8. The number of carbonyl (C=O) groups excluding carboxylic acids is 2. The lowest BCUT2D eigenvalue weighted by Crippen LogP contribution is -2.45. The predicted octanol–water partition coefficient (Wildman–Crippen LogP) is 21.0. The van der Waals surface area contributed by atoms with Gasteiger partial charge in [0, 0.05) is 12.8 Å². The molecule has 0 radical (unpaired) electrons. The zero-order chi connectivity index (χ0) is 52.2. The highest BCUT2D eigenvalue weighted by atomic mass is 16.5. The summed E-state index contributed by atoms with van der Waals surface area (Å²) in [6, 6.07) is -0.544. The number of hydrogen-bond donors (Lipinski definition) is 3. The lowest BCUT2D eigenvalue weighted by atomic mass is 10.0. The van der Waals surface area contributed by atoms with Crippen molar-refractivity contribution >= 4 is 11.9 Å². The van der Waals surface area contributed by atoms with Crippen LogP contribution in [0.15, 0.2) is 0 Å². The summed E-state index contributed by atoms with van der Waals surface area (Å²) in [6.07, 6.45) is 74.1. The molecule has 0 rings (SSSR count). The maximum Gasteiger partial charge on any atom is 0.305 e. The molecule has 1 amide bonds. The summed E-state index contributed by atoms with van der Waals surface area (Å²) in [6.45, 7) is 4.99. The normalized spacial score (nSPS) is 12.4. The van der Waals surface area contributed by atoms with E-state index in [2.05, 4.69) is 19.2 Å². The van der Waals surface area contributed by atoms with Crippen molar-refractivity contribution < 1.29 is 24.5 Å². The Labute approximate surface area is 451 Å².